The molecular weight excluding hydrogens is 224 g/mol. The molecule has 2 rings (SSSR count). The Balaban J connectivity index is 1.72. The number of carbonyl (C=O) groups excluding carboxylic acids is 1. The Morgan fingerprint density at radius 3 is 2.61 bits per heavy atom. The van der Waals surface area contributed by atoms with E-state index in [2.05, 4.69) is 41.8 Å². The molecule has 1 heterocycles. The van der Waals surface area contributed by atoms with Gasteiger partial charge in [0.2, 0.25) is 5.91 Å². The lowest BCUT2D eigenvalue weighted by molar-refractivity contribution is -0.121. The first kappa shape index (κ1) is 13.1. The quantitative estimate of drug-likeness (QED) is 0.850. The molecule has 0 saturated carbocycles. The van der Waals surface area contributed by atoms with Crippen molar-refractivity contribution in [2.75, 3.05) is 13.1 Å². The highest BCUT2D eigenvalue weighted by atomic mass is 16.1. The summed E-state index contributed by atoms with van der Waals surface area (Å²) in [5.74, 6) is 0.183. The zero-order valence-corrected chi connectivity index (χ0v) is 11.0. The fraction of sp³-hybridized carbons (Fsp3) is 0.533. The lowest BCUT2D eigenvalue weighted by Gasteiger charge is -2.23. The minimum absolute atomic E-state index is 0.183. The molecule has 18 heavy (non-hydrogen) atoms. The summed E-state index contributed by atoms with van der Waals surface area (Å²) >= 11 is 0. The fourth-order valence-electron chi connectivity index (χ4n) is 2.28. The molecule has 1 aromatic carbocycles. The van der Waals surface area contributed by atoms with Crippen molar-refractivity contribution in [1.82, 2.24) is 10.6 Å². The number of rotatable bonds is 4. The van der Waals surface area contributed by atoms with E-state index in [-0.39, 0.29) is 5.91 Å². The average molecular weight is 246 g/mol. The van der Waals surface area contributed by atoms with Crippen molar-refractivity contribution in [2.24, 2.45) is 0 Å². The number of nitrogens with one attached hydrogen (secondary N) is 2. The molecule has 0 aliphatic carbocycles. The predicted octanol–water partition coefficient (Wildman–Crippen LogP) is 1.80. The van der Waals surface area contributed by atoms with E-state index in [1.54, 1.807) is 0 Å². The predicted molar refractivity (Wildman–Crippen MR) is 73.5 cm³/mol. The second-order valence-corrected chi connectivity index (χ2v) is 5.08. The van der Waals surface area contributed by atoms with Crippen molar-refractivity contribution in [2.45, 2.75) is 38.6 Å². The number of hydrogen-bond donors (Lipinski definition) is 2. The first-order valence-corrected chi connectivity index (χ1v) is 6.79. The summed E-state index contributed by atoms with van der Waals surface area (Å²) in [5, 5.41) is 6.42. The van der Waals surface area contributed by atoms with Crippen molar-refractivity contribution < 1.29 is 4.79 Å². The highest BCUT2D eigenvalue weighted by Crippen LogP contribution is 2.07. The molecule has 3 heteroatoms. The molecule has 1 aliphatic rings. The van der Waals surface area contributed by atoms with Gasteiger partial charge in [0.15, 0.2) is 0 Å². The van der Waals surface area contributed by atoms with E-state index in [0.29, 0.717) is 12.5 Å². The van der Waals surface area contributed by atoms with Gasteiger partial charge in [0.05, 0.1) is 0 Å². The van der Waals surface area contributed by atoms with Crippen molar-refractivity contribution in [1.29, 1.82) is 0 Å². The van der Waals surface area contributed by atoms with Crippen LogP contribution in [0.5, 0.6) is 0 Å². The molecule has 0 bridgehead atoms. The van der Waals surface area contributed by atoms with E-state index >= 15 is 0 Å². The molecule has 98 valence electrons. The number of aryl methyl sites for hydroxylation is 2. The van der Waals surface area contributed by atoms with Gasteiger partial charge in [-0.3, -0.25) is 4.79 Å². The van der Waals surface area contributed by atoms with Gasteiger partial charge in [0, 0.05) is 12.5 Å². The molecule has 1 fully saturated rings. The Bertz CT molecular complexity index is 380. The van der Waals surface area contributed by atoms with Crippen molar-refractivity contribution in [3.05, 3.63) is 35.4 Å². The standard InChI is InChI=1S/C15H22N2O/c1-12-2-4-13(5-3-12)6-7-15(18)17-14-8-10-16-11-9-14/h2-5,14,16H,6-11H2,1H3,(H,17,18). The molecule has 0 radical (unpaired) electrons. The highest BCUT2D eigenvalue weighted by Gasteiger charge is 2.14. The zero-order valence-electron chi connectivity index (χ0n) is 11.0. The summed E-state index contributed by atoms with van der Waals surface area (Å²) in [6.07, 6.45) is 3.52. The Hall–Kier alpha value is -1.35. The lowest BCUT2D eigenvalue weighted by atomic mass is 10.1. The lowest BCUT2D eigenvalue weighted by Crippen LogP contribution is -2.42. The maximum Gasteiger partial charge on any atom is 0.220 e. The first-order chi connectivity index (χ1) is 8.74. The van der Waals surface area contributed by atoms with E-state index in [1.165, 1.54) is 11.1 Å². The van der Waals surface area contributed by atoms with Crippen molar-refractivity contribution in [3.8, 4) is 0 Å². The normalized spacial score (nSPS) is 16.5. The molecule has 1 amide bonds. The van der Waals surface area contributed by atoms with Crippen LogP contribution < -0.4 is 10.6 Å². The second kappa shape index (κ2) is 6.55. The molecule has 1 aliphatic heterocycles. The van der Waals surface area contributed by atoms with Gasteiger partial charge in [-0.15, -0.1) is 0 Å². The van der Waals surface area contributed by atoms with Gasteiger partial charge in [-0.05, 0) is 44.8 Å². The highest BCUT2D eigenvalue weighted by molar-refractivity contribution is 5.76. The molecule has 0 atom stereocenters. The minimum Gasteiger partial charge on any atom is -0.353 e. The van der Waals surface area contributed by atoms with E-state index in [9.17, 15) is 4.79 Å². The topological polar surface area (TPSA) is 41.1 Å². The Morgan fingerprint density at radius 2 is 1.94 bits per heavy atom. The SMILES string of the molecule is Cc1ccc(CCC(=O)NC2CCNCC2)cc1. The third-order valence-corrected chi connectivity index (χ3v) is 3.47. The van der Waals surface area contributed by atoms with Crippen LogP contribution in [0.4, 0.5) is 0 Å². The van der Waals surface area contributed by atoms with E-state index in [0.717, 1.165) is 32.4 Å². The van der Waals surface area contributed by atoms with Gasteiger partial charge in [-0.25, -0.2) is 0 Å². The van der Waals surface area contributed by atoms with Crippen LogP contribution in [0.25, 0.3) is 0 Å². The van der Waals surface area contributed by atoms with Gasteiger partial charge >= 0.3 is 0 Å². The maximum atomic E-state index is 11.8. The smallest absolute Gasteiger partial charge is 0.220 e. The number of piperidine rings is 1. The monoisotopic (exact) mass is 246 g/mol. The first-order valence-electron chi connectivity index (χ1n) is 6.79. The Kier molecular flexibility index (Phi) is 4.76. The number of carbonyl (C=O) groups is 1. The second-order valence-electron chi connectivity index (χ2n) is 5.08. The van der Waals surface area contributed by atoms with E-state index in [1.807, 2.05) is 0 Å². The summed E-state index contributed by atoms with van der Waals surface area (Å²) in [6, 6.07) is 8.78. The molecule has 2 N–H and O–H groups in total. The van der Waals surface area contributed by atoms with Crippen LogP contribution in [0, 0.1) is 6.92 Å². The average Bonchev–Trinajstić information content (AvgIpc) is 2.39. The molecule has 0 spiro atoms. The van der Waals surface area contributed by atoms with Gasteiger partial charge in [-0.2, -0.15) is 0 Å². The van der Waals surface area contributed by atoms with Crippen molar-refractivity contribution >= 4 is 5.91 Å². The Labute approximate surface area is 109 Å². The van der Waals surface area contributed by atoms with Gasteiger partial charge < -0.3 is 10.6 Å². The van der Waals surface area contributed by atoms with Crippen LogP contribution in [0.1, 0.15) is 30.4 Å². The van der Waals surface area contributed by atoms with Crippen molar-refractivity contribution in [3.63, 3.8) is 0 Å². The third kappa shape index (κ3) is 4.15. The number of hydrogen-bond acceptors (Lipinski definition) is 2. The van der Waals surface area contributed by atoms with Crippen LogP contribution in [0.3, 0.4) is 0 Å². The summed E-state index contributed by atoms with van der Waals surface area (Å²) in [4.78, 5) is 11.8. The summed E-state index contributed by atoms with van der Waals surface area (Å²) in [7, 11) is 0. The molecule has 1 saturated heterocycles. The van der Waals surface area contributed by atoms with Crippen LogP contribution in [0.15, 0.2) is 24.3 Å². The van der Waals surface area contributed by atoms with Crippen LogP contribution in [-0.2, 0) is 11.2 Å². The summed E-state index contributed by atoms with van der Waals surface area (Å²) in [5.41, 5.74) is 2.50. The third-order valence-electron chi connectivity index (χ3n) is 3.47. The van der Waals surface area contributed by atoms with Gasteiger partial charge in [0.25, 0.3) is 0 Å². The number of amides is 1. The molecule has 0 aromatic heterocycles. The molecular formula is C15H22N2O. The van der Waals surface area contributed by atoms with Gasteiger partial charge in [-0.1, -0.05) is 29.8 Å². The summed E-state index contributed by atoms with van der Waals surface area (Å²) in [6.45, 7) is 4.11. The fourth-order valence-corrected chi connectivity index (χ4v) is 2.28. The maximum absolute atomic E-state index is 11.8. The largest absolute Gasteiger partial charge is 0.353 e. The number of benzene rings is 1. The summed E-state index contributed by atoms with van der Waals surface area (Å²) < 4.78 is 0. The molecule has 1 aromatic rings. The Morgan fingerprint density at radius 1 is 1.28 bits per heavy atom. The van der Waals surface area contributed by atoms with E-state index < -0.39 is 0 Å². The van der Waals surface area contributed by atoms with E-state index in [4.69, 9.17) is 0 Å². The zero-order chi connectivity index (χ0) is 12.8. The molecule has 0 unspecified atom stereocenters. The van der Waals surface area contributed by atoms with Crippen LogP contribution in [-0.4, -0.2) is 25.0 Å². The minimum atomic E-state index is 0.183. The van der Waals surface area contributed by atoms with Crippen LogP contribution in [0.2, 0.25) is 0 Å². The van der Waals surface area contributed by atoms with Gasteiger partial charge in [0.1, 0.15) is 0 Å². The molecule has 3 nitrogen and oxygen atoms in total. The van der Waals surface area contributed by atoms with Crippen LogP contribution >= 0.6 is 0 Å².